The van der Waals surface area contributed by atoms with Gasteiger partial charge in [0.05, 0.1) is 104 Å². The van der Waals surface area contributed by atoms with E-state index in [1.54, 1.807) is 127 Å². The van der Waals surface area contributed by atoms with Crippen LogP contribution in [0.25, 0.3) is 0 Å². The SMILES string of the molecule is CCC(C)[C@@H]([C@@H](CC(=O)N1CCC[C@H]1[C@H](OC)[C@@H](C)C(=O)N[C@H](C)[C@@H](O)c1ccccc1)OC)N(C)C(=O)[C@@H](NC(=O)[C@H](C(C)C)N(C)C(=O)OCc1ccc(NC(=O)[C@H](CCCNC(N)=O)NC(=O)[C@@H](NC(=O)COCCOCCOCCOc2ccc(N3C(=O)C(Sc4ccccc4)=C(Sc4ccccc4)C3=O)cc2OC)C(C)C)cc1)C(C)C. The van der Waals surface area contributed by atoms with E-state index < -0.39 is 144 Å². The fourth-order valence-electron chi connectivity index (χ4n) is 14.5. The van der Waals surface area contributed by atoms with Crippen molar-refractivity contribution in [2.75, 3.05) is 105 Å². The van der Waals surface area contributed by atoms with Crippen molar-refractivity contribution in [2.45, 2.75) is 185 Å². The molecular formula is C89H123N11O20S2. The normalized spacial score (nSPS) is 16.2. The summed E-state index contributed by atoms with van der Waals surface area (Å²) >= 11 is 2.47. The molecule has 1 saturated heterocycles. The van der Waals surface area contributed by atoms with Crippen LogP contribution in [0.5, 0.6) is 11.5 Å². The molecule has 666 valence electrons. The van der Waals surface area contributed by atoms with Gasteiger partial charge in [-0.2, -0.15) is 0 Å². The number of benzene rings is 5. The number of nitrogens with zero attached hydrogens (tertiary/aromatic N) is 4. The highest BCUT2D eigenvalue weighted by Gasteiger charge is 2.45. The summed E-state index contributed by atoms with van der Waals surface area (Å²) < 4.78 is 46.3. The lowest BCUT2D eigenvalue weighted by Gasteiger charge is -2.41. The Kier molecular flexibility index (Phi) is 40.4. The Morgan fingerprint density at radius 1 is 0.623 bits per heavy atom. The Morgan fingerprint density at radius 2 is 1.20 bits per heavy atom. The van der Waals surface area contributed by atoms with Crippen molar-refractivity contribution in [1.82, 2.24) is 41.3 Å². The first kappa shape index (κ1) is 99.0. The zero-order valence-corrected chi connectivity index (χ0v) is 74.2. The number of primary amides is 1. The number of anilines is 2. The fraction of sp³-hybridized carbons (Fsp3) is 0.517. The van der Waals surface area contributed by atoms with E-state index in [2.05, 4.69) is 31.9 Å². The standard InChI is InChI=1S/C89H123N11O20S2/c1-16-57(8)76(70(114-14)51-72(102)99-43-27-35-67(99)78(115-15)58(9)81(104)92-59(10)77(103)61-28-20-17-21-29-61)97(11)85(108)74(55(4)5)96-84(107)75(56(6)7)98(12)89(112)120-52-60-36-38-62(39-37-60)93-82(105)66(34-26-42-91-88(90)111)94-83(106)73(54(2)3)95-71(101)53-118-47-46-116-44-45-117-48-49-119-68-41-40-63(50-69(68)113-13)100-86(109)79(121-64-30-22-18-23-31-64)80(87(100)110)122-65-32-24-19-25-33-65/h17-25,28-33,36-41,50,54-59,66-67,70,73-78,103H,16,26-27,34-35,42-49,51-53H2,1-15H3,(H,92,104)(H,93,105)(H,94,106)(H,95,101)(H,96,107)(H3,90,91,111)/t57?,58-,59-,66+,67+,70-,73+,74+,75+,76+,77-,78-/m1/s1. The molecule has 0 radical (unpaired) electrons. The molecule has 33 heteroatoms. The molecule has 0 bridgehead atoms. The molecule has 2 heterocycles. The third-order valence-corrected chi connectivity index (χ3v) is 23.6. The number of nitrogens with one attached hydrogen (secondary N) is 6. The topological polar surface area (TPSA) is 393 Å². The van der Waals surface area contributed by atoms with Crippen molar-refractivity contribution in [3.8, 4) is 11.5 Å². The minimum atomic E-state index is -1.16. The molecule has 9 N–H and O–H groups in total. The summed E-state index contributed by atoms with van der Waals surface area (Å²) in [7, 11) is 7.53. The van der Waals surface area contributed by atoms with Gasteiger partial charge < -0.3 is 90.4 Å². The highest BCUT2D eigenvalue weighted by molar-refractivity contribution is 8.08. The molecule has 0 spiro atoms. The number of aliphatic hydroxyl groups is 1. The Labute approximate surface area is 724 Å². The predicted octanol–water partition coefficient (Wildman–Crippen LogP) is 9.40. The van der Waals surface area contributed by atoms with Gasteiger partial charge in [-0.3, -0.25) is 48.1 Å². The number of carbonyl (C=O) groups excluding carboxylic acids is 11. The van der Waals surface area contributed by atoms with Crippen LogP contribution in [0.4, 0.5) is 21.0 Å². The lowest BCUT2D eigenvalue weighted by atomic mass is 9.89. The first-order valence-corrected chi connectivity index (χ1v) is 43.0. The third-order valence-electron chi connectivity index (χ3n) is 21.3. The van der Waals surface area contributed by atoms with Crippen molar-refractivity contribution in [3.05, 3.63) is 154 Å². The minimum absolute atomic E-state index is 0.0344. The van der Waals surface area contributed by atoms with E-state index >= 15 is 0 Å². The zero-order chi connectivity index (χ0) is 89.3. The molecular weight excluding hydrogens is 1610 g/mol. The van der Waals surface area contributed by atoms with E-state index in [0.29, 0.717) is 69.6 Å². The molecule has 5 aromatic carbocycles. The quantitative estimate of drug-likeness (QED) is 0.0133. The summed E-state index contributed by atoms with van der Waals surface area (Å²) in [6.07, 6.45) is -1.21. The minimum Gasteiger partial charge on any atom is -0.493 e. The van der Waals surface area contributed by atoms with Gasteiger partial charge in [0.25, 0.3) is 11.8 Å². The molecule has 0 aliphatic carbocycles. The zero-order valence-electron chi connectivity index (χ0n) is 72.6. The number of nitrogens with two attached hydrogens (primary N) is 1. The maximum Gasteiger partial charge on any atom is 0.410 e. The molecule has 12 atom stereocenters. The van der Waals surface area contributed by atoms with Crippen molar-refractivity contribution in [2.24, 2.45) is 35.3 Å². The number of urea groups is 1. The average molecular weight is 1730 g/mol. The van der Waals surface area contributed by atoms with Gasteiger partial charge in [0.2, 0.25) is 41.4 Å². The van der Waals surface area contributed by atoms with Gasteiger partial charge in [0.1, 0.15) is 44.0 Å². The lowest BCUT2D eigenvalue weighted by Crippen LogP contribution is -2.60. The smallest absolute Gasteiger partial charge is 0.410 e. The number of imide groups is 1. The van der Waals surface area contributed by atoms with Gasteiger partial charge in [-0.25, -0.2) is 14.5 Å². The van der Waals surface area contributed by atoms with Crippen LogP contribution in [0.15, 0.2) is 153 Å². The van der Waals surface area contributed by atoms with Gasteiger partial charge in [-0.05, 0) is 116 Å². The monoisotopic (exact) mass is 1730 g/mol. The molecule has 0 aromatic heterocycles. The first-order chi connectivity index (χ1) is 58.3. The number of aliphatic hydroxyl groups excluding tert-OH is 1. The molecule has 0 saturated carbocycles. The van der Waals surface area contributed by atoms with Crippen LogP contribution in [0.2, 0.25) is 0 Å². The number of rotatable bonds is 50. The fourth-order valence-corrected chi connectivity index (χ4v) is 16.5. The van der Waals surface area contributed by atoms with Gasteiger partial charge in [0, 0.05) is 62.9 Å². The molecule has 31 nitrogen and oxygen atoms in total. The predicted molar refractivity (Wildman–Crippen MR) is 464 cm³/mol. The Morgan fingerprint density at radius 3 is 1.75 bits per heavy atom. The second kappa shape index (κ2) is 49.8. The van der Waals surface area contributed by atoms with E-state index in [4.69, 9.17) is 43.6 Å². The van der Waals surface area contributed by atoms with E-state index in [9.17, 15) is 57.8 Å². The van der Waals surface area contributed by atoms with E-state index in [0.717, 1.165) is 14.7 Å². The average Bonchev–Trinajstić information content (AvgIpc) is 1.62. The third kappa shape index (κ3) is 28.7. The summed E-state index contributed by atoms with van der Waals surface area (Å²) in [4.78, 5) is 160. The molecule has 1 fully saturated rings. The Bertz CT molecular complexity index is 4220. The van der Waals surface area contributed by atoms with Gasteiger partial charge >= 0.3 is 12.1 Å². The number of likely N-dealkylation sites (N-methyl/N-ethyl adjacent to an activating group) is 2. The number of hydrogen-bond donors (Lipinski definition) is 8. The maximum atomic E-state index is 14.9. The molecule has 2 aliphatic heterocycles. The highest BCUT2D eigenvalue weighted by atomic mass is 32.2. The number of ether oxygens (including phenoxy) is 8. The highest BCUT2D eigenvalue weighted by Crippen LogP contribution is 2.45. The van der Waals surface area contributed by atoms with Crippen LogP contribution in [-0.4, -0.2) is 234 Å². The van der Waals surface area contributed by atoms with E-state index in [1.807, 2.05) is 92.7 Å². The molecule has 5 aromatic rings. The van der Waals surface area contributed by atoms with Crippen molar-refractivity contribution in [3.63, 3.8) is 0 Å². The molecule has 12 amide bonds. The largest absolute Gasteiger partial charge is 0.493 e. The van der Waals surface area contributed by atoms with Gasteiger partial charge in [-0.1, -0.05) is 171 Å². The molecule has 7 rings (SSSR count). The summed E-state index contributed by atoms with van der Waals surface area (Å²) in [5, 5.41) is 27.6. The number of thioether (sulfide) groups is 2. The van der Waals surface area contributed by atoms with Gasteiger partial charge in [0.15, 0.2) is 11.5 Å². The lowest BCUT2D eigenvalue weighted by molar-refractivity contribution is -0.148. The summed E-state index contributed by atoms with van der Waals surface area (Å²) in [6, 6.07) is 32.1. The number of hydrogen-bond acceptors (Lipinski definition) is 22. The maximum absolute atomic E-state index is 14.9. The molecule has 2 aliphatic rings. The van der Waals surface area contributed by atoms with Crippen molar-refractivity contribution in [1.29, 1.82) is 0 Å². The summed E-state index contributed by atoms with van der Waals surface area (Å²) in [5.41, 5.74) is 7.10. The van der Waals surface area contributed by atoms with E-state index in [-0.39, 0.29) is 89.8 Å². The van der Waals surface area contributed by atoms with E-state index in [1.165, 1.54) is 56.8 Å². The van der Waals surface area contributed by atoms with Crippen molar-refractivity contribution >= 4 is 100 Å². The summed E-state index contributed by atoms with van der Waals surface area (Å²) in [5.74, 6) is -5.94. The Hall–Kier alpha value is -10.1. The van der Waals surface area contributed by atoms with Crippen molar-refractivity contribution < 1.29 is 95.7 Å². The molecule has 1 unspecified atom stereocenters. The van der Waals surface area contributed by atoms with Gasteiger partial charge in [-0.15, -0.1) is 0 Å². The second-order valence-electron chi connectivity index (χ2n) is 31.2. The van der Waals surface area contributed by atoms with Crippen LogP contribution < -0.4 is 52.0 Å². The molecule has 122 heavy (non-hydrogen) atoms. The number of likely N-dealkylation sites (tertiary alicyclic amines) is 1. The van der Waals surface area contributed by atoms with Crippen LogP contribution in [0, 0.1) is 29.6 Å². The van der Waals surface area contributed by atoms with Crippen LogP contribution in [0.3, 0.4) is 0 Å². The van der Waals surface area contributed by atoms with Crippen LogP contribution in [-0.2, 0) is 78.2 Å². The number of amides is 12. The number of methoxy groups -OCH3 is 3. The number of carbonyl (C=O) groups is 11. The van der Waals surface area contributed by atoms with Crippen LogP contribution >= 0.6 is 23.5 Å². The first-order valence-electron chi connectivity index (χ1n) is 41.3. The summed E-state index contributed by atoms with van der Waals surface area (Å²) in [6.45, 7) is 18.7. The Balaban J connectivity index is 0.841. The van der Waals surface area contributed by atoms with Crippen LogP contribution in [0.1, 0.15) is 125 Å². The second-order valence-corrected chi connectivity index (χ2v) is 33.4.